The van der Waals surface area contributed by atoms with Crippen molar-refractivity contribution in [1.29, 1.82) is 0 Å². The van der Waals surface area contributed by atoms with Gasteiger partial charge in [-0.1, -0.05) is 44.2 Å². The van der Waals surface area contributed by atoms with Gasteiger partial charge in [-0.15, -0.1) is 0 Å². The molecule has 0 heterocycles. The van der Waals surface area contributed by atoms with Crippen molar-refractivity contribution in [2.75, 3.05) is 19.7 Å². The summed E-state index contributed by atoms with van der Waals surface area (Å²) in [7, 11) is -1.81. The lowest BCUT2D eigenvalue weighted by molar-refractivity contribution is -0.161. The van der Waals surface area contributed by atoms with Crippen LogP contribution in [0.3, 0.4) is 0 Å². The van der Waals surface area contributed by atoms with E-state index in [2.05, 4.69) is 13.5 Å². The van der Waals surface area contributed by atoms with E-state index in [0.29, 0.717) is 42.1 Å². The van der Waals surface area contributed by atoms with Crippen molar-refractivity contribution in [3.63, 3.8) is 0 Å². The first-order valence-corrected chi connectivity index (χ1v) is 11.4. The highest BCUT2D eigenvalue weighted by molar-refractivity contribution is 7.91. The minimum absolute atomic E-state index is 0.0672. The topological polar surface area (TPSA) is 69.7 Å². The standard InChI is InChI=1S/C22H32O5S/c1-17(15-28(24,25)19-10-6-5-7-11-19)9-8-12-22(3)20(23)13-18(2)14-21(22)27-16-26-4/h5-7,10-11,18,21H,1,8-9,12-16H2,2-4H3/t18-,21-,22-/m1/s1. The van der Waals surface area contributed by atoms with Gasteiger partial charge >= 0.3 is 0 Å². The number of methoxy groups -OCH3 is 1. The Bertz CT molecular complexity index is 771. The Morgan fingerprint density at radius 2 is 1.96 bits per heavy atom. The van der Waals surface area contributed by atoms with Crippen LogP contribution in [0.5, 0.6) is 0 Å². The lowest BCUT2D eigenvalue weighted by Crippen LogP contribution is -2.47. The first-order valence-electron chi connectivity index (χ1n) is 9.77. The van der Waals surface area contributed by atoms with Crippen LogP contribution in [0, 0.1) is 11.3 Å². The molecule has 0 bridgehead atoms. The van der Waals surface area contributed by atoms with Crippen molar-refractivity contribution in [2.24, 2.45) is 11.3 Å². The Morgan fingerprint density at radius 3 is 2.61 bits per heavy atom. The quantitative estimate of drug-likeness (QED) is 0.429. The number of hydrogen-bond donors (Lipinski definition) is 0. The van der Waals surface area contributed by atoms with Crippen LogP contribution in [0.1, 0.15) is 46.0 Å². The summed E-state index contributed by atoms with van der Waals surface area (Å²) in [6, 6.07) is 8.42. The van der Waals surface area contributed by atoms with Gasteiger partial charge in [-0.3, -0.25) is 4.79 Å². The molecule has 1 fully saturated rings. The molecule has 1 aliphatic carbocycles. The molecule has 6 heteroatoms. The summed E-state index contributed by atoms with van der Waals surface area (Å²) >= 11 is 0. The monoisotopic (exact) mass is 408 g/mol. The molecule has 1 aromatic carbocycles. The van der Waals surface area contributed by atoms with Gasteiger partial charge in [-0.05, 0) is 43.7 Å². The second kappa shape index (κ2) is 9.81. The van der Waals surface area contributed by atoms with Gasteiger partial charge in [0.1, 0.15) is 12.6 Å². The van der Waals surface area contributed by atoms with Crippen molar-refractivity contribution in [2.45, 2.75) is 57.0 Å². The second-order valence-electron chi connectivity index (χ2n) is 8.12. The molecule has 3 atom stereocenters. The summed E-state index contributed by atoms with van der Waals surface area (Å²) in [6.45, 7) is 8.15. The summed E-state index contributed by atoms with van der Waals surface area (Å²) in [6.07, 6.45) is 3.14. The number of sulfone groups is 1. The number of rotatable bonds is 10. The van der Waals surface area contributed by atoms with Crippen LogP contribution in [-0.2, 0) is 24.1 Å². The van der Waals surface area contributed by atoms with Gasteiger partial charge in [0.2, 0.25) is 0 Å². The van der Waals surface area contributed by atoms with Gasteiger partial charge in [0.05, 0.1) is 22.2 Å². The first-order chi connectivity index (χ1) is 13.2. The normalized spacial score (nSPS) is 25.6. The molecule has 0 unspecified atom stereocenters. The number of carbonyl (C=O) groups excluding carboxylic acids is 1. The Labute approximate surface area is 169 Å². The summed E-state index contributed by atoms with van der Waals surface area (Å²) in [5.41, 5.74) is 0.0994. The average Bonchev–Trinajstić information content (AvgIpc) is 2.64. The predicted molar refractivity (Wildman–Crippen MR) is 110 cm³/mol. The molecule has 0 saturated heterocycles. The van der Waals surface area contributed by atoms with E-state index in [1.807, 2.05) is 6.92 Å². The van der Waals surface area contributed by atoms with E-state index in [0.717, 1.165) is 6.42 Å². The van der Waals surface area contributed by atoms with E-state index in [-0.39, 0.29) is 24.4 Å². The first kappa shape index (κ1) is 22.8. The molecule has 0 aromatic heterocycles. The highest BCUT2D eigenvalue weighted by Gasteiger charge is 2.45. The fourth-order valence-corrected chi connectivity index (χ4v) is 5.32. The largest absolute Gasteiger partial charge is 0.359 e. The fourth-order valence-electron chi connectivity index (χ4n) is 3.90. The molecular formula is C22H32O5S. The number of ether oxygens (including phenoxy) is 2. The van der Waals surface area contributed by atoms with E-state index in [1.54, 1.807) is 37.4 Å². The van der Waals surface area contributed by atoms with E-state index in [4.69, 9.17) is 9.47 Å². The zero-order valence-corrected chi connectivity index (χ0v) is 18.0. The highest BCUT2D eigenvalue weighted by Crippen LogP contribution is 2.42. The van der Waals surface area contributed by atoms with Crippen LogP contribution in [-0.4, -0.2) is 40.0 Å². The summed E-state index contributed by atoms with van der Waals surface area (Å²) in [5, 5.41) is 0. The van der Waals surface area contributed by atoms with Crippen LogP contribution >= 0.6 is 0 Å². The SMILES string of the molecule is C=C(CCC[C@]1(C)C(=O)C[C@@H](C)C[C@H]1OCOC)CS(=O)(=O)c1ccccc1. The summed E-state index contributed by atoms with van der Waals surface area (Å²) in [5.74, 6) is 0.450. The molecule has 0 N–H and O–H groups in total. The minimum atomic E-state index is -3.38. The molecular weight excluding hydrogens is 376 g/mol. The third kappa shape index (κ3) is 5.75. The van der Waals surface area contributed by atoms with E-state index in [1.165, 1.54) is 0 Å². The van der Waals surface area contributed by atoms with Gasteiger partial charge in [0, 0.05) is 13.5 Å². The van der Waals surface area contributed by atoms with Crippen molar-refractivity contribution in [1.82, 2.24) is 0 Å². The zero-order valence-electron chi connectivity index (χ0n) is 17.1. The van der Waals surface area contributed by atoms with Gasteiger partial charge in [-0.25, -0.2) is 8.42 Å². The van der Waals surface area contributed by atoms with E-state index >= 15 is 0 Å². The third-order valence-corrected chi connectivity index (χ3v) is 7.39. The van der Waals surface area contributed by atoms with Crippen LogP contribution in [0.25, 0.3) is 0 Å². The molecule has 5 nitrogen and oxygen atoms in total. The van der Waals surface area contributed by atoms with Gasteiger partial charge in [0.25, 0.3) is 0 Å². The number of Topliss-reactive ketones (excluding diaryl/α,β-unsaturated/α-hetero) is 1. The Morgan fingerprint density at radius 1 is 1.29 bits per heavy atom. The maximum Gasteiger partial charge on any atom is 0.182 e. The maximum atomic E-state index is 12.8. The Hall–Kier alpha value is -1.50. The van der Waals surface area contributed by atoms with Crippen LogP contribution < -0.4 is 0 Å². The highest BCUT2D eigenvalue weighted by atomic mass is 32.2. The smallest absolute Gasteiger partial charge is 0.182 e. The van der Waals surface area contributed by atoms with E-state index < -0.39 is 15.3 Å². The lowest BCUT2D eigenvalue weighted by Gasteiger charge is -2.42. The van der Waals surface area contributed by atoms with Crippen LogP contribution in [0.2, 0.25) is 0 Å². The number of ketones is 1. The Kier molecular flexibility index (Phi) is 7.98. The number of hydrogen-bond acceptors (Lipinski definition) is 5. The average molecular weight is 409 g/mol. The molecule has 0 radical (unpaired) electrons. The van der Waals surface area contributed by atoms with Crippen molar-refractivity contribution < 1.29 is 22.7 Å². The Balaban J connectivity index is 1.94. The number of carbonyl (C=O) groups is 1. The molecule has 1 aliphatic rings. The van der Waals surface area contributed by atoms with E-state index in [9.17, 15) is 13.2 Å². The molecule has 0 spiro atoms. The number of benzene rings is 1. The molecule has 0 aliphatic heterocycles. The second-order valence-corrected chi connectivity index (χ2v) is 10.1. The van der Waals surface area contributed by atoms with Crippen LogP contribution in [0.4, 0.5) is 0 Å². The zero-order chi connectivity index (χ0) is 20.8. The van der Waals surface area contributed by atoms with Crippen molar-refractivity contribution in [3.05, 3.63) is 42.5 Å². The van der Waals surface area contributed by atoms with Crippen LogP contribution in [0.15, 0.2) is 47.4 Å². The molecule has 1 aromatic rings. The third-order valence-electron chi connectivity index (χ3n) is 5.61. The van der Waals surface area contributed by atoms with Crippen molar-refractivity contribution >= 4 is 15.6 Å². The molecule has 1 saturated carbocycles. The van der Waals surface area contributed by atoms with Crippen molar-refractivity contribution in [3.8, 4) is 0 Å². The predicted octanol–water partition coefficient (Wildman–Crippen LogP) is 4.18. The molecule has 28 heavy (non-hydrogen) atoms. The van der Waals surface area contributed by atoms with Gasteiger partial charge in [0.15, 0.2) is 9.84 Å². The summed E-state index contributed by atoms with van der Waals surface area (Å²) in [4.78, 5) is 13.1. The minimum Gasteiger partial charge on any atom is -0.359 e. The maximum absolute atomic E-state index is 12.8. The molecule has 2 rings (SSSR count). The van der Waals surface area contributed by atoms with Gasteiger partial charge in [-0.2, -0.15) is 0 Å². The summed E-state index contributed by atoms with van der Waals surface area (Å²) < 4.78 is 35.8. The lowest BCUT2D eigenvalue weighted by atomic mass is 9.66. The fraction of sp³-hybridized carbons (Fsp3) is 0.591. The van der Waals surface area contributed by atoms with Gasteiger partial charge < -0.3 is 9.47 Å². The molecule has 156 valence electrons. The molecule has 0 amide bonds.